The topological polar surface area (TPSA) is 46.1 Å². The third kappa shape index (κ3) is 4.22. The van der Waals surface area contributed by atoms with Gasteiger partial charge in [-0.2, -0.15) is 13.2 Å². The first-order chi connectivity index (χ1) is 13.2. The molecule has 148 valence electrons. The van der Waals surface area contributed by atoms with Gasteiger partial charge in [0.1, 0.15) is 5.00 Å². The van der Waals surface area contributed by atoms with Crippen LogP contribution in [-0.4, -0.2) is 10.6 Å². The fourth-order valence-electron chi connectivity index (χ4n) is 3.01. The number of alkyl halides is 3. The molecule has 28 heavy (non-hydrogen) atoms. The number of nitrogens with one attached hydrogen (secondary N) is 2. The van der Waals surface area contributed by atoms with Crippen molar-refractivity contribution in [1.82, 2.24) is 9.88 Å². The molecular formula is C20H20F3N3OS. The third-order valence-corrected chi connectivity index (χ3v) is 5.72. The monoisotopic (exact) mass is 407 g/mol. The number of carbonyl (C=O) groups is 1. The number of aromatic nitrogens is 1. The molecule has 0 bridgehead atoms. The van der Waals surface area contributed by atoms with E-state index in [-0.39, 0.29) is 11.7 Å². The number of urea groups is 1. The van der Waals surface area contributed by atoms with Crippen LogP contribution in [0.4, 0.5) is 23.7 Å². The average Bonchev–Trinajstić information content (AvgIpc) is 3.23. The van der Waals surface area contributed by atoms with Gasteiger partial charge in [0.15, 0.2) is 0 Å². The second-order valence-corrected chi connectivity index (χ2v) is 7.69. The molecule has 0 aliphatic rings. The maximum Gasteiger partial charge on any atom is 0.416 e. The van der Waals surface area contributed by atoms with Crippen LogP contribution in [0.25, 0.3) is 5.00 Å². The second-order valence-electron chi connectivity index (χ2n) is 6.49. The minimum atomic E-state index is -4.46. The molecule has 2 aromatic heterocycles. The van der Waals surface area contributed by atoms with E-state index in [9.17, 15) is 18.0 Å². The van der Waals surface area contributed by atoms with Crippen LogP contribution >= 0.6 is 11.3 Å². The minimum absolute atomic E-state index is 0.0865. The van der Waals surface area contributed by atoms with E-state index in [4.69, 9.17) is 0 Å². The van der Waals surface area contributed by atoms with Crippen molar-refractivity contribution < 1.29 is 18.0 Å². The SMILES string of the molecule is Cc1sc(-n2cccc2)c(C(C)NC(=O)Nc2cccc(C(F)(F)F)c2)c1C. The lowest BCUT2D eigenvalue weighted by Gasteiger charge is -2.18. The lowest BCUT2D eigenvalue weighted by atomic mass is 10.1. The zero-order valence-electron chi connectivity index (χ0n) is 15.6. The Kier molecular flexibility index (Phi) is 5.51. The summed E-state index contributed by atoms with van der Waals surface area (Å²) in [6.07, 6.45) is -0.592. The van der Waals surface area contributed by atoms with Crippen LogP contribution in [0, 0.1) is 13.8 Å². The van der Waals surface area contributed by atoms with Gasteiger partial charge in [-0.1, -0.05) is 6.07 Å². The summed E-state index contributed by atoms with van der Waals surface area (Å²) >= 11 is 1.63. The number of amides is 2. The summed E-state index contributed by atoms with van der Waals surface area (Å²) in [6.45, 7) is 5.87. The fourth-order valence-corrected chi connectivity index (χ4v) is 4.23. The number of carbonyl (C=O) groups excluding carboxylic acids is 1. The Balaban J connectivity index is 1.77. The highest BCUT2D eigenvalue weighted by Crippen LogP contribution is 2.35. The first kappa shape index (κ1) is 20.0. The molecule has 3 rings (SSSR count). The molecule has 8 heteroatoms. The summed E-state index contributed by atoms with van der Waals surface area (Å²) in [4.78, 5) is 13.5. The Labute approximate surface area is 165 Å². The van der Waals surface area contributed by atoms with E-state index < -0.39 is 17.8 Å². The molecular weight excluding hydrogens is 387 g/mol. The van der Waals surface area contributed by atoms with Crippen molar-refractivity contribution in [2.75, 3.05) is 5.32 Å². The first-order valence-electron chi connectivity index (χ1n) is 8.65. The van der Waals surface area contributed by atoms with Crippen molar-refractivity contribution in [1.29, 1.82) is 0 Å². The number of hydrogen-bond donors (Lipinski definition) is 2. The van der Waals surface area contributed by atoms with Crippen molar-refractivity contribution >= 4 is 23.1 Å². The van der Waals surface area contributed by atoms with Crippen LogP contribution in [0.5, 0.6) is 0 Å². The predicted octanol–water partition coefficient (Wildman–Crippen LogP) is 6.06. The third-order valence-electron chi connectivity index (χ3n) is 4.48. The Bertz CT molecular complexity index is 977. The summed E-state index contributed by atoms with van der Waals surface area (Å²) in [5, 5.41) is 6.31. The van der Waals surface area contributed by atoms with Gasteiger partial charge in [-0.25, -0.2) is 4.79 Å². The van der Waals surface area contributed by atoms with Gasteiger partial charge in [0.05, 0.1) is 11.6 Å². The number of benzene rings is 1. The molecule has 0 fully saturated rings. The Morgan fingerprint density at radius 3 is 2.46 bits per heavy atom. The van der Waals surface area contributed by atoms with E-state index >= 15 is 0 Å². The summed E-state index contributed by atoms with van der Waals surface area (Å²) in [6, 6.07) is 7.52. The van der Waals surface area contributed by atoms with Crippen molar-refractivity contribution in [3.8, 4) is 5.00 Å². The zero-order valence-corrected chi connectivity index (χ0v) is 16.4. The van der Waals surface area contributed by atoms with E-state index in [1.165, 1.54) is 12.1 Å². The molecule has 3 aromatic rings. The van der Waals surface area contributed by atoms with Crippen LogP contribution in [0.15, 0.2) is 48.8 Å². The number of aryl methyl sites for hydroxylation is 1. The van der Waals surface area contributed by atoms with Gasteiger partial charge in [0, 0.05) is 28.5 Å². The molecule has 1 unspecified atom stereocenters. The maximum atomic E-state index is 12.8. The van der Waals surface area contributed by atoms with Gasteiger partial charge >= 0.3 is 12.2 Å². The molecule has 0 aliphatic carbocycles. The molecule has 0 spiro atoms. The number of anilines is 1. The number of hydrogen-bond acceptors (Lipinski definition) is 2. The van der Waals surface area contributed by atoms with Gasteiger partial charge in [-0.3, -0.25) is 0 Å². The summed E-state index contributed by atoms with van der Waals surface area (Å²) < 4.78 is 40.5. The van der Waals surface area contributed by atoms with Crippen LogP contribution in [0.1, 0.15) is 34.5 Å². The highest BCUT2D eigenvalue weighted by molar-refractivity contribution is 7.14. The van der Waals surface area contributed by atoms with Crippen LogP contribution < -0.4 is 10.6 Å². The Morgan fingerprint density at radius 1 is 1.14 bits per heavy atom. The quantitative estimate of drug-likeness (QED) is 0.543. The van der Waals surface area contributed by atoms with Crippen molar-refractivity contribution in [3.63, 3.8) is 0 Å². The summed E-state index contributed by atoms with van der Waals surface area (Å²) in [7, 11) is 0. The van der Waals surface area contributed by atoms with E-state index in [1.807, 2.05) is 49.9 Å². The molecule has 0 saturated carbocycles. The van der Waals surface area contributed by atoms with E-state index in [2.05, 4.69) is 10.6 Å². The smallest absolute Gasteiger partial charge is 0.331 e. The van der Waals surface area contributed by atoms with E-state index in [0.717, 1.165) is 33.1 Å². The van der Waals surface area contributed by atoms with Gasteiger partial charge < -0.3 is 15.2 Å². The number of nitrogens with zero attached hydrogens (tertiary/aromatic N) is 1. The molecule has 2 N–H and O–H groups in total. The molecule has 0 saturated heterocycles. The Morgan fingerprint density at radius 2 is 1.82 bits per heavy atom. The van der Waals surface area contributed by atoms with E-state index in [1.54, 1.807) is 11.3 Å². The largest absolute Gasteiger partial charge is 0.416 e. The summed E-state index contributed by atoms with van der Waals surface area (Å²) in [5.74, 6) is 0. The van der Waals surface area contributed by atoms with Crippen molar-refractivity contribution in [3.05, 3.63) is 70.4 Å². The minimum Gasteiger partial charge on any atom is -0.331 e. The van der Waals surface area contributed by atoms with Gasteiger partial charge in [-0.15, -0.1) is 11.3 Å². The van der Waals surface area contributed by atoms with E-state index in [0.29, 0.717) is 0 Å². The highest BCUT2D eigenvalue weighted by atomic mass is 32.1. The molecule has 1 atom stereocenters. The molecule has 2 amide bonds. The zero-order chi connectivity index (χ0) is 20.5. The van der Waals surface area contributed by atoms with Crippen LogP contribution in [-0.2, 0) is 6.18 Å². The van der Waals surface area contributed by atoms with Gasteiger partial charge in [0.25, 0.3) is 0 Å². The Hall–Kier alpha value is -2.74. The van der Waals surface area contributed by atoms with Crippen molar-refractivity contribution in [2.45, 2.75) is 33.0 Å². The lowest BCUT2D eigenvalue weighted by molar-refractivity contribution is -0.137. The number of halogens is 3. The number of rotatable bonds is 4. The van der Waals surface area contributed by atoms with Crippen LogP contribution in [0.3, 0.4) is 0 Å². The summed E-state index contributed by atoms with van der Waals surface area (Å²) in [5.41, 5.74) is 1.35. The predicted molar refractivity (Wildman–Crippen MR) is 105 cm³/mol. The first-order valence-corrected chi connectivity index (χ1v) is 9.46. The van der Waals surface area contributed by atoms with Crippen molar-refractivity contribution in [2.24, 2.45) is 0 Å². The van der Waals surface area contributed by atoms with Gasteiger partial charge in [0.2, 0.25) is 0 Å². The normalized spacial score (nSPS) is 12.6. The van der Waals surface area contributed by atoms with Crippen LogP contribution in [0.2, 0.25) is 0 Å². The molecule has 1 aromatic carbocycles. The standard InChI is InChI=1S/C20H20F3N3OS/c1-12-14(3)28-18(26-9-4-5-10-26)17(12)13(2)24-19(27)25-16-8-6-7-15(11-16)20(21,22)23/h4-11,13H,1-3H3,(H2,24,25,27). The molecule has 0 aliphatic heterocycles. The molecule has 2 heterocycles. The number of thiophene rings is 1. The average molecular weight is 407 g/mol. The highest BCUT2D eigenvalue weighted by Gasteiger charge is 2.30. The maximum absolute atomic E-state index is 12.8. The second kappa shape index (κ2) is 7.71. The van der Waals surface area contributed by atoms with Gasteiger partial charge in [-0.05, 0) is 56.7 Å². The molecule has 4 nitrogen and oxygen atoms in total. The molecule has 0 radical (unpaired) electrons. The lowest BCUT2D eigenvalue weighted by Crippen LogP contribution is -2.31. The fraction of sp³-hybridized carbons (Fsp3) is 0.250.